The van der Waals surface area contributed by atoms with Crippen LogP contribution in [0.15, 0.2) is 30.5 Å². The monoisotopic (exact) mass is 215 g/mol. The van der Waals surface area contributed by atoms with E-state index in [9.17, 15) is 5.11 Å². The summed E-state index contributed by atoms with van der Waals surface area (Å²) in [6.45, 7) is 0. The predicted molar refractivity (Wildman–Crippen MR) is 65.4 cm³/mol. The summed E-state index contributed by atoms with van der Waals surface area (Å²) in [7, 11) is 0. The Kier molecular flexibility index (Phi) is 2.44. The van der Waals surface area contributed by atoms with Gasteiger partial charge in [0.15, 0.2) is 0 Å². The van der Waals surface area contributed by atoms with E-state index in [4.69, 9.17) is 0 Å². The summed E-state index contributed by atoms with van der Waals surface area (Å²) in [6.07, 6.45) is 6.33. The van der Waals surface area contributed by atoms with Gasteiger partial charge in [-0.2, -0.15) is 0 Å². The quantitative estimate of drug-likeness (QED) is 0.794. The molecule has 2 nitrogen and oxygen atoms in total. The maximum atomic E-state index is 9.85. The fourth-order valence-corrected chi connectivity index (χ4v) is 2.84. The molecule has 2 aromatic rings. The Bertz CT molecular complexity index is 488. The highest BCUT2D eigenvalue weighted by molar-refractivity contribution is 5.83. The average Bonchev–Trinajstić information content (AvgIpc) is 2.88. The van der Waals surface area contributed by atoms with E-state index in [1.165, 1.54) is 29.3 Å². The molecular formula is C14H17NO. The van der Waals surface area contributed by atoms with E-state index in [0.29, 0.717) is 5.92 Å². The number of aliphatic hydroxyl groups is 1. The van der Waals surface area contributed by atoms with Crippen molar-refractivity contribution in [3.05, 3.63) is 36.0 Å². The van der Waals surface area contributed by atoms with Crippen LogP contribution in [0, 0.1) is 5.92 Å². The normalized spacial score (nSPS) is 25.3. The van der Waals surface area contributed by atoms with Gasteiger partial charge in [0.2, 0.25) is 0 Å². The molecule has 2 atom stereocenters. The molecule has 1 fully saturated rings. The summed E-state index contributed by atoms with van der Waals surface area (Å²) in [5.41, 5.74) is 2.55. The number of nitrogens with one attached hydrogen (secondary N) is 1. The first kappa shape index (κ1) is 9.91. The van der Waals surface area contributed by atoms with Crippen molar-refractivity contribution in [2.75, 3.05) is 0 Å². The van der Waals surface area contributed by atoms with E-state index in [1.54, 1.807) is 0 Å². The molecule has 0 saturated heterocycles. The molecule has 2 heteroatoms. The summed E-state index contributed by atoms with van der Waals surface area (Å²) in [6, 6.07) is 8.38. The second-order valence-corrected chi connectivity index (χ2v) is 4.82. The lowest BCUT2D eigenvalue weighted by Crippen LogP contribution is -2.15. The summed E-state index contributed by atoms with van der Waals surface area (Å²) < 4.78 is 0. The van der Waals surface area contributed by atoms with Crippen LogP contribution in [0.5, 0.6) is 0 Å². The topological polar surface area (TPSA) is 36.0 Å². The smallest absolute Gasteiger partial charge is 0.0571 e. The van der Waals surface area contributed by atoms with E-state index < -0.39 is 0 Å². The molecule has 1 aromatic heterocycles. The van der Waals surface area contributed by atoms with Crippen molar-refractivity contribution in [3.63, 3.8) is 0 Å². The molecule has 1 saturated carbocycles. The highest BCUT2D eigenvalue weighted by atomic mass is 16.3. The lowest BCUT2D eigenvalue weighted by Gasteiger charge is -2.13. The Morgan fingerprint density at radius 2 is 2.12 bits per heavy atom. The molecule has 0 radical (unpaired) electrons. The van der Waals surface area contributed by atoms with Crippen LogP contribution >= 0.6 is 0 Å². The zero-order valence-corrected chi connectivity index (χ0v) is 9.32. The van der Waals surface area contributed by atoms with Crippen molar-refractivity contribution in [1.82, 2.24) is 4.98 Å². The number of aromatic nitrogens is 1. The molecular weight excluding hydrogens is 198 g/mol. The molecule has 2 N–H and O–H groups in total. The maximum Gasteiger partial charge on any atom is 0.0571 e. The zero-order valence-electron chi connectivity index (χ0n) is 9.32. The Labute approximate surface area is 95.3 Å². The number of benzene rings is 1. The van der Waals surface area contributed by atoms with Gasteiger partial charge in [-0.05, 0) is 36.8 Å². The number of fused-ring (bicyclic) bond motifs is 1. The Morgan fingerprint density at radius 3 is 2.94 bits per heavy atom. The number of H-pyrrole nitrogens is 1. The first-order valence-electron chi connectivity index (χ1n) is 6.07. The van der Waals surface area contributed by atoms with E-state index in [-0.39, 0.29) is 6.10 Å². The van der Waals surface area contributed by atoms with Crippen LogP contribution < -0.4 is 0 Å². The number of hydrogen-bond acceptors (Lipinski definition) is 1. The minimum absolute atomic E-state index is 0.0892. The van der Waals surface area contributed by atoms with Crippen molar-refractivity contribution < 1.29 is 5.11 Å². The van der Waals surface area contributed by atoms with Gasteiger partial charge in [-0.25, -0.2) is 0 Å². The predicted octanol–water partition coefficient (Wildman–Crippen LogP) is 2.87. The summed E-state index contributed by atoms with van der Waals surface area (Å²) in [5.74, 6) is 0.458. The first-order chi connectivity index (χ1) is 7.84. The third-order valence-corrected chi connectivity index (χ3v) is 3.78. The molecule has 1 aromatic carbocycles. The minimum Gasteiger partial charge on any atom is -0.393 e. The zero-order chi connectivity index (χ0) is 11.0. The molecule has 0 spiro atoms. The summed E-state index contributed by atoms with van der Waals surface area (Å²) >= 11 is 0. The molecule has 3 rings (SSSR count). The molecule has 1 heterocycles. The third kappa shape index (κ3) is 1.63. The Hall–Kier alpha value is -1.28. The molecule has 16 heavy (non-hydrogen) atoms. The lowest BCUT2D eigenvalue weighted by molar-refractivity contribution is 0.133. The van der Waals surface area contributed by atoms with Gasteiger partial charge in [-0.3, -0.25) is 0 Å². The van der Waals surface area contributed by atoms with Crippen LogP contribution in [-0.2, 0) is 6.42 Å². The average molecular weight is 215 g/mol. The maximum absolute atomic E-state index is 9.85. The van der Waals surface area contributed by atoms with E-state index >= 15 is 0 Å². The number of rotatable bonds is 2. The number of hydrogen-bond donors (Lipinski definition) is 2. The molecule has 2 unspecified atom stereocenters. The van der Waals surface area contributed by atoms with Crippen LogP contribution in [0.3, 0.4) is 0 Å². The number of aromatic amines is 1. The van der Waals surface area contributed by atoms with Crippen molar-refractivity contribution in [2.24, 2.45) is 5.92 Å². The highest BCUT2D eigenvalue weighted by Gasteiger charge is 2.25. The van der Waals surface area contributed by atoms with Crippen molar-refractivity contribution in [3.8, 4) is 0 Å². The van der Waals surface area contributed by atoms with Crippen LogP contribution in [0.4, 0.5) is 0 Å². The second kappa shape index (κ2) is 3.95. The van der Waals surface area contributed by atoms with Crippen LogP contribution in [-0.4, -0.2) is 16.2 Å². The highest BCUT2D eigenvalue weighted by Crippen LogP contribution is 2.30. The lowest BCUT2D eigenvalue weighted by atomic mass is 9.96. The van der Waals surface area contributed by atoms with Gasteiger partial charge in [0.1, 0.15) is 0 Å². The van der Waals surface area contributed by atoms with Gasteiger partial charge in [-0.15, -0.1) is 0 Å². The van der Waals surface area contributed by atoms with Crippen LogP contribution in [0.1, 0.15) is 24.8 Å². The van der Waals surface area contributed by atoms with Gasteiger partial charge in [-0.1, -0.05) is 24.6 Å². The molecule has 1 aliphatic rings. The first-order valence-corrected chi connectivity index (χ1v) is 6.07. The van der Waals surface area contributed by atoms with Gasteiger partial charge in [0, 0.05) is 17.1 Å². The number of aliphatic hydroxyl groups excluding tert-OH is 1. The number of para-hydroxylation sites is 1. The summed E-state index contributed by atoms with van der Waals surface area (Å²) in [4.78, 5) is 3.30. The van der Waals surface area contributed by atoms with E-state index in [2.05, 4.69) is 29.4 Å². The Morgan fingerprint density at radius 1 is 1.25 bits per heavy atom. The molecule has 1 aliphatic carbocycles. The van der Waals surface area contributed by atoms with E-state index in [1.807, 2.05) is 6.07 Å². The van der Waals surface area contributed by atoms with Crippen LogP contribution in [0.2, 0.25) is 0 Å². The molecule has 84 valence electrons. The van der Waals surface area contributed by atoms with E-state index in [0.717, 1.165) is 12.8 Å². The van der Waals surface area contributed by atoms with Gasteiger partial charge in [0.25, 0.3) is 0 Å². The van der Waals surface area contributed by atoms with Gasteiger partial charge in [0.05, 0.1) is 6.10 Å². The SMILES string of the molecule is OC1CCCC1Cc1c[nH]c2ccccc12. The Balaban J connectivity index is 1.89. The molecule has 0 bridgehead atoms. The standard InChI is InChI=1S/C14H17NO/c16-14-7-3-4-10(14)8-11-9-15-13-6-2-1-5-12(11)13/h1-2,5-6,9-10,14-16H,3-4,7-8H2. The van der Waals surface area contributed by atoms with Crippen molar-refractivity contribution in [1.29, 1.82) is 0 Å². The third-order valence-electron chi connectivity index (χ3n) is 3.78. The van der Waals surface area contributed by atoms with Crippen molar-refractivity contribution >= 4 is 10.9 Å². The molecule has 0 amide bonds. The van der Waals surface area contributed by atoms with Crippen LogP contribution in [0.25, 0.3) is 10.9 Å². The fraction of sp³-hybridized carbons (Fsp3) is 0.429. The molecule has 0 aliphatic heterocycles. The largest absolute Gasteiger partial charge is 0.393 e. The van der Waals surface area contributed by atoms with Gasteiger partial charge < -0.3 is 10.1 Å². The summed E-state index contributed by atoms with van der Waals surface area (Å²) in [5, 5.41) is 11.2. The second-order valence-electron chi connectivity index (χ2n) is 4.82. The minimum atomic E-state index is -0.0892. The van der Waals surface area contributed by atoms with Crippen molar-refractivity contribution in [2.45, 2.75) is 31.8 Å². The van der Waals surface area contributed by atoms with Gasteiger partial charge >= 0.3 is 0 Å². The fourth-order valence-electron chi connectivity index (χ4n) is 2.84.